The van der Waals surface area contributed by atoms with Crippen LogP contribution in [0.1, 0.15) is 15.9 Å². The third-order valence-corrected chi connectivity index (χ3v) is 5.27. The first-order valence-corrected chi connectivity index (χ1v) is 9.49. The van der Waals surface area contributed by atoms with Crippen LogP contribution in [0.25, 0.3) is 0 Å². The van der Waals surface area contributed by atoms with Crippen molar-refractivity contribution in [3.05, 3.63) is 64.7 Å². The summed E-state index contributed by atoms with van der Waals surface area (Å²) in [5, 5.41) is 10.9. The summed E-state index contributed by atoms with van der Waals surface area (Å²) in [6.07, 6.45) is 0.281. The molecule has 1 unspecified atom stereocenters. The van der Waals surface area contributed by atoms with E-state index in [-0.39, 0.29) is 17.9 Å². The third kappa shape index (κ3) is 4.71. The quantitative estimate of drug-likeness (QED) is 0.747. The van der Waals surface area contributed by atoms with Gasteiger partial charge in [0.15, 0.2) is 0 Å². The van der Waals surface area contributed by atoms with Crippen LogP contribution in [0.15, 0.2) is 48.5 Å². The van der Waals surface area contributed by atoms with Crippen LogP contribution in [0.4, 0.5) is 10.5 Å². The lowest BCUT2D eigenvalue weighted by Gasteiger charge is -2.21. The minimum atomic E-state index is -1.16. The molecule has 3 rings (SSSR count). The van der Waals surface area contributed by atoms with Gasteiger partial charge in [-0.3, -0.25) is 29.4 Å². The fraction of sp³-hybridized carbons (Fsp3) is 0.158. The molecular formula is C19H15ClN2O5S. The number of nitrogens with zero attached hydrogens (tertiary/aromatic N) is 1. The molecule has 7 nitrogen and oxygen atoms in total. The molecule has 1 fully saturated rings. The molecular weight excluding hydrogens is 404 g/mol. The van der Waals surface area contributed by atoms with Crippen molar-refractivity contribution in [1.82, 2.24) is 5.32 Å². The molecule has 3 amide bonds. The van der Waals surface area contributed by atoms with Gasteiger partial charge in [-0.2, -0.15) is 0 Å². The van der Waals surface area contributed by atoms with Crippen LogP contribution in [0.2, 0.25) is 5.02 Å². The number of hydrogen-bond donors (Lipinski definition) is 2. The van der Waals surface area contributed by atoms with Crippen molar-refractivity contribution in [2.75, 3.05) is 11.4 Å². The number of benzene rings is 2. The monoisotopic (exact) mass is 418 g/mol. The highest BCUT2D eigenvalue weighted by molar-refractivity contribution is 8.15. The number of carbonyl (C=O) groups is 4. The highest BCUT2D eigenvalue weighted by Crippen LogP contribution is 2.24. The highest BCUT2D eigenvalue weighted by atomic mass is 35.5. The van der Waals surface area contributed by atoms with Gasteiger partial charge in [0.2, 0.25) is 5.91 Å². The molecule has 2 aromatic carbocycles. The van der Waals surface area contributed by atoms with Crippen molar-refractivity contribution in [2.24, 2.45) is 0 Å². The van der Waals surface area contributed by atoms with Crippen LogP contribution in [0.3, 0.4) is 0 Å². The molecule has 2 aromatic rings. The number of carbonyl (C=O) groups excluding carboxylic acids is 3. The summed E-state index contributed by atoms with van der Waals surface area (Å²) in [6, 6.07) is 12.9. The Morgan fingerprint density at radius 2 is 1.86 bits per heavy atom. The number of carboxylic acid groups (broad SMARTS) is 1. The largest absolute Gasteiger partial charge is 0.480 e. The smallest absolute Gasteiger partial charge is 0.323 e. The van der Waals surface area contributed by atoms with Gasteiger partial charge in [-0.05, 0) is 48.4 Å². The van der Waals surface area contributed by atoms with E-state index in [4.69, 9.17) is 11.6 Å². The molecule has 1 atom stereocenters. The first kappa shape index (κ1) is 19.9. The normalized spacial score (nSPS) is 16.0. The van der Waals surface area contributed by atoms with Crippen molar-refractivity contribution >= 4 is 52.1 Å². The average molecular weight is 419 g/mol. The lowest BCUT2D eigenvalue weighted by Crippen LogP contribution is -2.35. The van der Waals surface area contributed by atoms with E-state index in [1.54, 1.807) is 48.5 Å². The maximum Gasteiger partial charge on any atom is 0.323 e. The number of halogens is 1. The maximum atomic E-state index is 13.0. The SMILES string of the molecule is O=C(O)CN(C(=O)c1cccc(CC2SC(=O)NC2=O)c1)c1ccc(Cl)cc1. The molecule has 28 heavy (non-hydrogen) atoms. The summed E-state index contributed by atoms with van der Waals surface area (Å²) in [5.41, 5.74) is 1.38. The minimum Gasteiger partial charge on any atom is -0.480 e. The van der Waals surface area contributed by atoms with Crippen LogP contribution in [-0.2, 0) is 16.0 Å². The van der Waals surface area contributed by atoms with Gasteiger partial charge in [-0.25, -0.2) is 0 Å². The molecule has 144 valence electrons. The number of carboxylic acids is 1. The van der Waals surface area contributed by atoms with E-state index in [0.29, 0.717) is 16.3 Å². The zero-order chi connectivity index (χ0) is 20.3. The number of aliphatic carboxylic acids is 1. The van der Waals surface area contributed by atoms with Crippen LogP contribution in [0.5, 0.6) is 0 Å². The Morgan fingerprint density at radius 1 is 1.14 bits per heavy atom. The second-order valence-electron chi connectivity index (χ2n) is 6.05. The van der Waals surface area contributed by atoms with Crippen molar-refractivity contribution in [1.29, 1.82) is 0 Å². The van der Waals surface area contributed by atoms with Gasteiger partial charge in [0, 0.05) is 16.3 Å². The molecule has 2 N–H and O–H groups in total. The number of rotatable bonds is 6. The van der Waals surface area contributed by atoms with Gasteiger partial charge in [0.1, 0.15) is 6.54 Å². The van der Waals surface area contributed by atoms with E-state index >= 15 is 0 Å². The molecule has 0 spiro atoms. The maximum absolute atomic E-state index is 13.0. The molecule has 0 aromatic heterocycles. The second-order valence-corrected chi connectivity index (χ2v) is 7.66. The van der Waals surface area contributed by atoms with Gasteiger partial charge in [0.05, 0.1) is 5.25 Å². The van der Waals surface area contributed by atoms with Gasteiger partial charge >= 0.3 is 5.97 Å². The molecule has 0 aliphatic carbocycles. The van der Waals surface area contributed by atoms with E-state index < -0.39 is 28.9 Å². The molecule has 1 aliphatic heterocycles. The summed E-state index contributed by atoms with van der Waals surface area (Å²) < 4.78 is 0. The number of thioether (sulfide) groups is 1. The first-order valence-electron chi connectivity index (χ1n) is 8.23. The predicted octanol–water partition coefficient (Wildman–Crippen LogP) is 2.97. The van der Waals surface area contributed by atoms with Crippen molar-refractivity contribution < 1.29 is 24.3 Å². The standard InChI is InChI=1S/C19H15ClN2O5S/c20-13-4-6-14(7-5-13)22(10-16(23)24)18(26)12-3-1-2-11(8-12)9-15-17(25)21-19(27)28-15/h1-8,15H,9-10H2,(H,23,24)(H,21,25,27). The third-order valence-electron chi connectivity index (χ3n) is 4.04. The van der Waals surface area contributed by atoms with E-state index in [9.17, 15) is 24.3 Å². The van der Waals surface area contributed by atoms with Crippen molar-refractivity contribution in [3.8, 4) is 0 Å². The van der Waals surface area contributed by atoms with Crippen molar-refractivity contribution in [2.45, 2.75) is 11.7 Å². The minimum absolute atomic E-state index is 0.281. The Kier molecular flexibility index (Phi) is 6.01. The Morgan fingerprint density at radius 3 is 2.46 bits per heavy atom. The molecule has 1 heterocycles. The number of anilines is 1. The van der Waals surface area contributed by atoms with E-state index in [2.05, 4.69) is 5.32 Å². The summed E-state index contributed by atoms with van der Waals surface area (Å²) in [4.78, 5) is 48.4. The predicted molar refractivity (Wildman–Crippen MR) is 106 cm³/mol. The molecule has 9 heteroatoms. The van der Waals surface area contributed by atoms with Crippen molar-refractivity contribution in [3.63, 3.8) is 0 Å². The summed E-state index contributed by atoms with van der Waals surface area (Å²) in [5.74, 6) is -2.01. The van der Waals surface area contributed by atoms with Gasteiger partial charge in [0.25, 0.3) is 11.1 Å². The lowest BCUT2D eigenvalue weighted by molar-refractivity contribution is -0.135. The highest BCUT2D eigenvalue weighted by Gasteiger charge is 2.31. The second kappa shape index (κ2) is 8.45. The topological polar surface area (TPSA) is 104 Å². The number of amides is 3. The molecule has 0 bridgehead atoms. The average Bonchev–Trinajstić information content (AvgIpc) is 2.97. The number of imide groups is 1. The molecule has 0 saturated carbocycles. The zero-order valence-electron chi connectivity index (χ0n) is 14.4. The number of nitrogens with one attached hydrogen (secondary N) is 1. The Balaban J connectivity index is 1.84. The Hall–Kier alpha value is -2.84. The van der Waals surface area contributed by atoms with E-state index in [1.807, 2.05) is 0 Å². The fourth-order valence-electron chi connectivity index (χ4n) is 2.77. The molecule has 0 radical (unpaired) electrons. The van der Waals surface area contributed by atoms with Crippen LogP contribution in [-0.4, -0.2) is 39.9 Å². The van der Waals surface area contributed by atoms with Gasteiger partial charge in [-0.1, -0.05) is 35.5 Å². The lowest BCUT2D eigenvalue weighted by atomic mass is 10.0. The van der Waals surface area contributed by atoms with Crippen LogP contribution < -0.4 is 10.2 Å². The van der Waals surface area contributed by atoms with E-state index in [1.165, 1.54) is 0 Å². The van der Waals surface area contributed by atoms with Gasteiger partial charge < -0.3 is 5.11 Å². The van der Waals surface area contributed by atoms with Gasteiger partial charge in [-0.15, -0.1) is 0 Å². The number of hydrogen-bond acceptors (Lipinski definition) is 5. The van der Waals surface area contributed by atoms with Crippen LogP contribution >= 0.6 is 23.4 Å². The Labute approximate surface area is 169 Å². The van der Waals surface area contributed by atoms with Crippen LogP contribution in [0, 0.1) is 0 Å². The molecule has 1 aliphatic rings. The molecule has 1 saturated heterocycles. The first-order chi connectivity index (χ1) is 13.3. The Bertz CT molecular complexity index is 948. The summed E-state index contributed by atoms with van der Waals surface area (Å²) >= 11 is 6.77. The summed E-state index contributed by atoms with van der Waals surface area (Å²) in [7, 11) is 0. The fourth-order valence-corrected chi connectivity index (χ4v) is 3.75. The summed E-state index contributed by atoms with van der Waals surface area (Å²) in [6.45, 7) is -0.514. The zero-order valence-corrected chi connectivity index (χ0v) is 16.0. The van der Waals surface area contributed by atoms with E-state index in [0.717, 1.165) is 16.7 Å².